The predicted molar refractivity (Wildman–Crippen MR) is 325 cm³/mol. The van der Waals surface area contributed by atoms with E-state index in [9.17, 15) is 14.4 Å². The van der Waals surface area contributed by atoms with Crippen LogP contribution in [-0.4, -0.2) is 37.2 Å². The largest absolute Gasteiger partial charge is 0.462 e. The lowest BCUT2D eigenvalue weighted by atomic mass is 10.0. The van der Waals surface area contributed by atoms with Gasteiger partial charge in [0.05, 0.1) is 0 Å². The van der Waals surface area contributed by atoms with Crippen LogP contribution in [0.25, 0.3) is 0 Å². The molecule has 0 bridgehead atoms. The van der Waals surface area contributed by atoms with Crippen molar-refractivity contribution in [1.29, 1.82) is 0 Å². The number of rotatable bonds is 58. The zero-order valence-electron chi connectivity index (χ0n) is 49.6. The Morgan fingerprint density at radius 1 is 0.280 bits per heavy atom. The molecule has 0 saturated carbocycles. The zero-order valence-corrected chi connectivity index (χ0v) is 49.6. The van der Waals surface area contributed by atoms with Gasteiger partial charge in [0, 0.05) is 19.3 Å². The van der Waals surface area contributed by atoms with E-state index in [0.717, 1.165) is 109 Å². The fourth-order valence-corrected chi connectivity index (χ4v) is 9.05. The number of hydrogen-bond donors (Lipinski definition) is 0. The van der Waals surface area contributed by atoms with E-state index in [1.807, 2.05) is 0 Å². The fraction of sp³-hybridized carbons (Fsp3) is 0.754. The van der Waals surface area contributed by atoms with Crippen molar-refractivity contribution in [1.82, 2.24) is 0 Å². The fourth-order valence-electron chi connectivity index (χ4n) is 9.05. The van der Waals surface area contributed by atoms with Crippen molar-refractivity contribution >= 4 is 17.9 Å². The van der Waals surface area contributed by atoms with Gasteiger partial charge in [0.1, 0.15) is 13.2 Å². The van der Waals surface area contributed by atoms with Gasteiger partial charge in [0.2, 0.25) is 0 Å². The lowest BCUT2D eigenvalue weighted by molar-refractivity contribution is -0.167. The van der Waals surface area contributed by atoms with Gasteiger partial charge in [-0.2, -0.15) is 0 Å². The molecule has 0 fully saturated rings. The van der Waals surface area contributed by atoms with Crippen LogP contribution in [0, 0.1) is 0 Å². The van der Waals surface area contributed by atoms with Crippen LogP contribution < -0.4 is 0 Å². The Hall–Kier alpha value is -3.41. The van der Waals surface area contributed by atoms with Gasteiger partial charge in [0.15, 0.2) is 6.10 Å². The predicted octanol–water partition coefficient (Wildman–Crippen LogP) is 21.9. The standard InChI is InChI=1S/C69H120O6/c1-4-7-10-13-16-19-22-25-28-29-30-31-32-33-34-35-36-37-38-39-42-44-47-50-53-56-59-62-68(71)74-65-66(75-69(72)63-60-57-54-51-48-45-41-27-24-21-18-15-12-9-6-3)64-73-67(70)61-58-55-52-49-46-43-40-26-23-20-17-14-11-8-5-2/h7,10,16,19,25-28,30-31,33-34,40-41,66H,4-6,8-9,11-15,17-18,20-24,29,32,35-39,42-65H2,1-3H3/b10-7-,19-16-,28-25-,31-30-,34-33-,40-26-,41-27-. The van der Waals surface area contributed by atoms with Crippen molar-refractivity contribution in [3.63, 3.8) is 0 Å². The van der Waals surface area contributed by atoms with Gasteiger partial charge < -0.3 is 14.2 Å². The van der Waals surface area contributed by atoms with E-state index in [2.05, 4.69) is 106 Å². The Kier molecular flexibility index (Phi) is 60.3. The number of carbonyl (C=O) groups is 3. The average Bonchev–Trinajstić information content (AvgIpc) is 3.41. The number of esters is 3. The first-order valence-electron chi connectivity index (χ1n) is 32.1. The van der Waals surface area contributed by atoms with Crippen LogP contribution in [0.2, 0.25) is 0 Å². The maximum absolute atomic E-state index is 12.9. The molecule has 0 aromatic carbocycles. The summed E-state index contributed by atoms with van der Waals surface area (Å²) in [6.07, 6.45) is 83.0. The Morgan fingerprint density at radius 3 is 0.827 bits per heavy atom. The average molecular weight is 1050 g/mol. The Labute approximate surface area is 465 Å². The van der Waals surface area contributed by atoms with Crippen molar-refractivity contribution in [2.24, 2.45) is 0 Å². The highest BCUT2D eigenvalue weighted by atomic mass is 16.6. The lowest BCUT2D eigenvalue weighted by Gasteiger charge is -2.18. The molecule has 0 aliphatic rings. The van der Waals surface area contributed by atoms with Crippen molar-refractivity contribution in [3.8, 4) is 0 Å². The summed E-state index contributed by atoms with van der Waals surface area (Å²) in [7, 11) is 0. The third-order valence-corrected chi connectivity index (χ3v) is 13.9. The molecular formula is C69H120O6. The topological polar surface area (TPSA) is 78.9 Å². The van der Waals surface area contributed by atoms with E-state index in [-0.39, 0.29) is 31.1 Å². The third kappa shape index (κ3) is 61.3. The Balaban J connectivity index is 4.30. The van der Waals surface area contributed by atoms with Gasteiger partial charge in [-0.3, -0.25) is 14.4 Å². The van der Waals surface area contributed by atoms with Gasteiger partial charge in [-0.1, -0.05) is 266 Å². The second-order valence-corrected chi connectivity index (χ2v) is 21.3. The minimum atomic E-state index is -0.786. The summed E-state index contributed by atoms with van der Waals surface area (Å²) in [5, 5.41) is 0. The van der Waals surface area contributed by atoms with E-state index >= 15 is 0 Å². The molecule has 75 heavy (non-hydrogen) atoms. The molecule has 0 aliphatic heterocycles. The molecule has 1 atom stereocenters. The first-order chi connectivity index (χ1) is 37.0. The van der Waals surface area contributed by atoms with Gasteiger partial charge in [0.25, 0.3) is 0 Å². The van der Waals surface area contributed by atoms with Crippen LogP contribution in [0.4, 0.5) is 0 Å². The number of allylic oxidation sites excluding steroid dienone is 14. The highest BCUT2D eigenvalue weighted by Gasteiger charge is 2.19. The maximum atomic E-state index is 12.9. The molecule has 6 nitrogen and oxygen atoms in total. The third-order valence-electron chi connectivity index (χ3n) is 13.9. The summed E-state index contributed by atoms with van der Waals surface area (Å²) >= 11 is 0. The maximum Gasteiger partial charge on any atom is 0.306 e. The molecule has 0 aliphatic carbocycles. The first-order valence-corrected chi connectivity index (χ1v) is 32.1. The van der Waals surface area contributed by atoms with Crippen molar-refractivity contribution in [3.05, 3.63) is 85.1 Å². The summed E-state index contributed by atoms with van der Waals surface area (Å²) in [6, 6.07) is 0. The van der Waals surface area contributed by atoms with E-state index in [4.69, 9.17) is 14.2 Å². The lowest BCUT2D eigenvalue weighted by Crippen LogP contribution is -2.30. The van der Waals surface area contributed by atoms with Gasteiger partial charge >= 0.3 is 17.9 Å². The summed E-state index contributed by atoms with van der Waals surface area (Å²) < 4.78 is 16.9. The number of ether oxygens (including phenoxy) is 3. The van der Waals surface area contributed by atoms with Crippen LogP contribution in [0.1, 0.15) is 316 Å². The smallest absolute Gasteiger partial charge is 0.306 e. The minimum Gasteiger partial charge on any atom is -0.462 e. The molecule has 1 unspecified atom stereocenters. The van der Waals surface area contributed by atoms with Crippen LogP contribution in [0.15, 0.2) is 85.1 Å². The quantitative estimate of drug-likeness (QED) is 0.0261. The van der Waals surface area contributed by atoms with E-state index in [1.54, 1.807) is 0 Å². The summed E-state index contributed by atoms with van der Waals surface area (Å²) in [4.78, 5) is 38.3. The van der Waals surface area contributed by atoms with Gasteiger partial charge in [-0.25, -0.2) is 0 Å². The molecule has 0 aromatic heterocycles. The molecule has 0 radical (unpaired) electrons. The molecule has 0 heterocycles. The van der Waals surface area contributed by atoms with Crippen LogP contribution in [-0.2, 0) is 28.6 Å². The highest BCUT2D eigenvalue weighted by molar-refractivity contribution is 5.71. The van der Waals surface area contributed by atoms with E-state index in [1.165, 1.54) is 167 Å². The molecule has 0 amide bonds. The summed E-state index contributed by atoms with van der Waals surface area (Å²) in [6.45, 7) is 6.53. The molecule has 0 aromatic rings. The second kappa shape index (κ2) is 63.1. The molecule has 432 valence electrons. The highest BCUT2D eigenvalue weighted by Crippen LogP contribution is 2.16. The van der Waals surface area contributed by atoms with Crippen molar-refractivity contribution in [2.75, 3.05) is 13.2 Å². The molecule has 0 spiro atoms. The van der Waals surface area contributed by atoms with Gasteiger partial charge in [-0.15, -0.1) is 0 Å². The molecule has 0 saturated heterocycles. The molecule has 0 N–H and O–H groups in total. The number of unbranched alkanes of at least 4 members (excludes halogenated alkanes) is 33. The zero-order chi connectivity index (χ0) is 54.3. The van der Waals surface area contributed by atoms with Crippen molar-refractivity contribution in [2.45, 2.75) is 322 Å². The van der Waals surface area contributed by atoms with Crippen LogP contribution >= 0.6 is 0 Å². The molecular weight excluding hydrogens is 925 g/mol. The second-order valence-electron chi connectivity index (χ2n) is 21.3. The van der Waals surface area contributed by atoms with Gasteiger partial charge in [-0.05, 0) is 116 Å². The SMILES string of the molecule is CC/C=C\C/C=C\C/C=C\C/C=C\C/C=C\CCCCCCCCCCCCCC(=O)OCC(COC(=O)CCCCCCC/C=C\CCCCCCCC)OC(=O)CCCCCCC/C=C\CCCCCCCC. The first kappa shape index (κ1) is 71.6. The van der Waals surface area contributed by atoms with Crippen LogP contribution in [0.3, 0.4) is 0 Å². The molecule has 6 heteroatoms. The summed E-state index contributed by atoms with van der Waals surface area (Å²) in [5.41, 5.74) is 0. The van der Waals surface area contributed by atoms with E-state index in [0.29, 0.717) is 19.3 Å². The minimum absolute atomic E-state index is 0.0823. The normalized spacial score (nSPS) is 12.6. The van der Waals surface area contributed by atoms with Crippen LogP contribution in [0.5, 0.6) is 0 Å². The van der Waals surface area contributed by atoms with Crippen molar-refractivity contribution < 1.29 is 28.6 Å². The Morgan fingerprint density at radius 2 is 0.520 bits per heavy atom. The number of carbonyl (C=O) groups excluding carboxylic acids is 3. The molecule has 0 rings (SSSR count). The Bertz CT molecular complexity index is 1430. The summed E-state index contributed by atoms with van der Waals surface area (Å²) in [5.74, 6) is -0.890. The monoisotopic (exact) mass is 1040 g/mol. The van der Waals surface area contributed by atoms with E-state index < -0.39 is 6.10 Å². The number of hydrogen-bond acceptors (Lipinski definition) is 6.